The lowest BCUT2D eigenvalue weighted by atomic mass is 9.84. The molecule has 1 aliphatic carbocycles. The summed E-state index contributed by atoms with van der Waals surface area (Å²) in [7, 11) is 0. The number of hydrogen-bond acceptors (Lipinski definition) is 1. The van der Waals surface area contributed by atoms with E-state index in [9.17, 15) is 0 Å². The van der Waals surface area contributed by atoms with Gasteiger partial charge in [-0.2, -0.15) is 0 Å². The van der Waals surface area contributed by atoms with E-state index in [2.05, 4.69) is 6.58 Å². The maximum atomic E-state index is 5.83. The fraction of sp³-hybridized carbons (Fsp3) is 0.778. The van der Waals surface area contributed by atoms with Crippen molar-refractivity contribution in [2.45, 2.75) is 38.1 Å². The van der Waals surface area contributed by atoms with E-state index in [0.717, 1.165) is 5.92 Å². The van der Waals surface area contributed by atoms with Crippen molar-refractivity contribution < 1.29 is 0 Å². The van der Waals surface area contributed by atoms with Gasteiger partial charge in [-0.15, -0.1) is 6.58 Å². The van der Waals surface area contributed by atoms with Crippen LogP contribution in [0.15, 0.2) is 12.7 Å². The van der Waals surface area contributed by atoms with Crippen LogP contribution in [0.5, 0.6) is 0 Å². The van der Waals surface area contributed by atoms with Crippen LogP contribution in [0.4, 0.5) is 0 Å². The average molecular weight is 139 g/mol. The minimum Gasteiger partial charge on any atom is -0.324 e. The second kappa shape index (κ2) is 3.77. The van der Waals surface area contributed by atoms with Crippen LogP contribution >= 0.6 is 0 Å². The second-order valence-corrected chi connectivity index (χ2v) is 3.21. The molecule has 0 spiro atoms. The molecule has 2 N–H and O–H groups in total. The number of hydrogen-bond donors (Lipinski definition) is 1. The summed E-state index contributed by atoms with van der Waals surface area (Å²) in [5.74, 6) is 0.728. The first-order valence-corrected chi connectivity index (χ1v) is 4.22. The van der Waals surface area contributed by atoms with Crippen LogP contribution in [0.2, 0.25) is 0 Å². The minimum atomic E-state index is 0.250. The molecule has 0 heterocycles. The van der Waals surface area contributed by atoms with Gasteiger partial charge in [0.05, 0.1) is 0 Å². The third kappa shape index (κ3) is 1.84. The fourth-order valence-electron chi connectivity index (χ4n) is 1.71. The van der Waals surface area contributed by atoms with Crippen LogP contribution in [-0.2, 0) is 0 Å². The topological polar surface area (TPSA) is 26.0 Å². The highest BCUT2D eigenvalue weighted by atomic mass is 14.6. The van der Waals surface area contributed by atoms with E-state index < -0.39 is 0 Å². The molecule has 0 radical (unpaired) electrons. The Morgan fingerprint density at radius 1 is 1.30 bits per heavy atom. The molecule has 0 aromatic rings. The number of nitrogens with two attached hydrogens (primary N) is 1. The fourth-order valence-corrected chi connectivity index (χ4v) is 1.71. The Bertz CT molecular complexity index is 103. The van der Waals surface area contributed by atoms with Crippen LogP contribution in [-0.4, -0.2) is 6.04 Å². The normalized spacial score (nSPS) is 24.1. The van der Waals surface area contributed by atoms with Crippen molar-refractivity contribution in [3.8, 4) is 0 Å². The van der Waals surface area contributed by atoms with Gasteiger partial charge in [-0.25, -0.2) is 0 Å². The summed E-state index contributed by atoms with van der Waals surface area (Å²) in [5, 5.41) is 0. The van der Waals surface area contributed by atoms with E-state index in [1.54, 1.807) is 0 Å². The molecule has 0 aromatic carbocycles. The third-order valence-electron chi connectivity index (χ3n) is 2.47. The Labute approximate surface area is 63.3 Å². The highest BCUT2D eigenvalue weighted by molar-refractivity contribution is 4.89. The van der Waals surface area contributed by atoms with Crippen molar-refractivity contribution in [2.75, 3.05) is 0 Å². The lowest BCUT2D eigenvalue weighted by Gasteiger charge is -2.24. The SMILES string of the molecule is C=C[C@H](N)C1CCCCC1. The Morgan fingerprint density at radius 2 is 1.90 bits per heavy atom. The molecule has 0 amide bonds. The minimum absolute atomic E-state index is 0.250. The summed E-state index contributed by atoms with van der Waals surface area (Å²) in [6, 6.07) is 0.250. The highest BCUT2D eigenvalue weighted by Crippen LogP contribution is 2.25. The standard InChI is InChI=1S/C9H17N/c1-2-9(10)8-6-4-3-5-7-8/h2,8-9H,1,3-7,10H2/t9-/m0/s1. The van der Waals surface area contributed by atoms with Crippen LogP contribution in [0, 0.1) is 5.92 Å². The van der Waals surface area contributed by atoms with E-state index in [4.69, 9.17) is 5.73 Å². The molecule has 1 rings (SSSR count). The van der Waals surface area contributed by atoms with Crippen molar-refractivity contribution in [3.05, 3.63) is 12.7 Å². The number of rotatable bonds is 2. The monoisotopic (exact) mass is 139 g/mol. The van der Waals surface area contributed by atoms with Gasteiger partial charge in [0.15, 0.2) is 0 Å². The molecule has 1 fully saturated rings. The molecule has 0 unspecified atom stereocenters. The van der Waals surface area contributed by atoms with Crippen molar-refractivity contribution >= 4 is 0 Å². The van der Waals surface area contributed by atoms with E-state index in [1.165, 1.54) is 32.1 Å². The predicted molar refractivity (Wildman–Crippen MR) is 44.7 cm³/mol. The molecule has 58 valence electrons. The quantitative estimate of drug-likeness (QED) is 0.582. The molecule has 1 nitrogen and oxygen atoms in total. The van der Waals surface area contributed by atoms with Gasteiger partial charge in [-0.1, -0.05) is 25.3 Å². The van der Waals surface area contributed by atoms with Crippen LogP contribution in [0.25, 0.3) is 0 Å². The van der Waals surface area contributed by atoms with Gasteiger partial charge >= 0.3 is 0 Å². The molecule has 0 aliphatic heterocycles. The Kier molecular flexibility index (Phi) is 2.94. The van der Waals surface area contributed by atoms with Crippen molar-refractivity contribution in [2.24, 2.45) is 11.7 Å². The molecule has 0 saturated heterocycles. The maximum absolute atomic E-state index is 5.83. The van der Waals surface area contributed by atoms with Crippen molar-refractivity contribution in [3.63, 3.8) is 0 Å². The zero-order valence-corrected chi connectivity index (χ0v) is 6.55. The third-order valence-corrected chi connectivity index (χ3v) is 2.47. The highest BCUT2D eigenvalue weighted by Gasteiger charge is 2.17. The lowest BCUT2D eigenvalue weighted by molar-refractivity contribution is 0.332. The molecule has 0 bridgehead atoms. The summed E-state index contributed by atoms with van der Waals surface area (Å²) < 4.78 is 0. The molecule has 0 aromatic heterocycles. The van der Waals surface area contributed by atoms with Crippen LogP contribution in [0.1, 0.15) is 32.1 Å². The summed E-state index contributed by atoms with van der Waals surface area (Å²) in [4.78, 5) is 0. The van der Waals surface area contributed by atoms with E-state index >= 15 is 0 Å². The Morgan fingerprint density at radius 3 is 2.40 bits per heavy atom. The Balaban J connectivity index is 2.30. The van der Waals surface area contributed by atoms with Gasteiger partial charge in [0, 0.05) is 6.04 Å². The van der Waals surface area contributed by atoms with E-state index in [0.29, 0.717) is 0 Å². The zero-order chi connectivity index (χ0) is 7.40. The van der Waals surface area contributed by atoms with E-state index in [1.807, 2.05) is 6.08 Å². The molecule has 1 atom stereocenters. The summed E-state index contributed by atoms with van der Waals surface area (Å²) in [5.41, 5.74) is 5.83. The maximum Gasteiger partial charge on any atom is 0.0249 e. The van der Waals surface area contributed by atoms with Crippen molar-refractivity contribution in [1.82, 2.24) is 0 Å². The van der Waals surface area contributed by atoms with E-state index in [-0.39, 0.29) is 6.04 Å². The first-order valence-electron chi connectivity index (χ1n) is 4.22. The summed E-state index contributed by atoms with van der Waals surface area (Å²) in [6.07, 6.45) is 8.65. The summed E-state index contributed by atoms with van der Waals surface area (Å²) in [6.45, 7) is 3.71. The predicted octanol–water partition coefficient (Wildman–Crippen LogP) is 2.08. The van der Waals surface area contributed by atoms with Gasteiger partial charge in [-0.3, -0.25) is 0 Å². The molecule has 1 saturated carbocycles. The van der Waals surface area contributed by atoms with Crippen LogP contribution < -0.4 is 5.73 Å². The molecule has 10 heavy (non-hydrogen) atoms. The Hall–Kier alpha value is -0.300. The largest absolute Gasteiger partial charge is 0.324 e. The molecular weight excluding hydrogens is 122 g/mol. The zero-order valence-electron chi connectivity index (χ0n) is 6.55. The summed E-state index contributed by atoms with van der Waals surface area (Å²) >= 11 is 0. The van der Waals surface area contributed by atoms with Gasteiger partial charge < -0.3 is 5.73 Å². The smallest absolute Gasteiger partial charge is 0.0249 e. The van der Waals surface area contributed by atoms with Crippen molar-refractivity contribution in [1.29, 1.82) is 0 Å². The van der Waals surface area contributed by atoms with Gasteiger partial charge in [0.1, 0.15) is 0 Å². The average Bonchev–Trinajstić information content (AvgIpc) is 2.05. The van der Waals surface area contributed by atoms with Gasteiger partial charge in [0.25, 0.3) is 0 Å². The first-order chi connectivity index (χ1) is 4.84. The molecule has 1 heteroatoms. The lowest BCUT2D eigenvalue weighted by Crippen LogP contribution is -2.29. The second-order valence-electron chi connectivity index (χ2n) is 3.21. The molecule has 1 aliphatic rings. The van der Waals surface area contributed by atoms with Gasteiger partial charge in [0.2, 0.25) is 0 Å². The molecular formula is C9H17N. The first kappa shape index (κ1) is 7.80. The van der Waals surface area contributed by atoms with Gasteiger partial charge in [-0.05, 0) is 18.8 Å². The van der Waals surface area contributed by atoms with Crippen LogP contribution in [0.3, 0.4) is 0 Å².